The van der Waals surface area contributed by atoms with Gasteiger partial charge in [-0.1, -0.05) is 36.4 Å². The van der Waals surface area contributed by atoms with Crippen molar-refractivity contribution < 1.29 is 26.1 Å². The zero-order valence-corrected chi connectivity index (χ0v) is 31.3. The summed E-state index contributed by atoms with van der Waals surface area (Å²) in [4.78, 5) is 0.606. The van der Waals surface area contributed by atoms with Crippen LogP contribution >= 0.6 is 24.4 Å². The third kappa shape index (κ3) is 7.99. The zero-order valence-electron chi connectivity index (χ0n) is 28.9. The molecule has 0 aliphatic carbocycles. The van der Waals surface area contributed by atoms with Crippen LogP contribution in [0.25, 0.3) is 22.9 Å². The number of aromatic nitrogens is 4. The van der Waals surface area contributed by atoms with Gasteiger partial charge >= 0.3 is 0 Å². The summed E-state index contributed by atoms with van der Waals surface area (Å²) in [5, 5.41) is 16.1. The van der Waals surface area contributed by atoms with E-state index in [4.69, 9.17) is 42.1 Å². The van der Waals surface area contributed by atoms with Crippen LogP contribution in [0.15, 0.2) is 173 Å². The Morgan fingerprint density at radius 2 is 0.945 bits per heavy atom. The van der Waals surface area contributed by atoms with Crippen LogP contribution in [-0.4, -0.2) is 28.0 Å². The molecule has 12 nitrogen and oxygen atoms in total. The van der Waals surface area contributed by atoms with Gasteiger partial charge in [-0.05, 0) is 121 Å². The summed E-state index contributed by atoms with van der Waals surface area (Å²) in [6.45, 7) is 0. The second-order valence-electron chi connectivity index (χ2n) is 12.4. The van der Waals surface area contributed by atoms with E-state index in [-0.39, 0.29) is 19.5 Å². The lowest BCUT2D eigenvalue weighted by atomic mass is 10.2. The first-order chi connectivity index (χ1) is 26.8. The number of anilines is 2. The lowest BCUT2D eigenvalue weighted by Gasteiger charge is -2.19. The minimum atomic E-state index is -3.87. The van der Waals surface area contributed by atoms with E-state index < -0.39 is 22.2 Å². The van der Waals surface area contributed by atoms with Gasteiger partial charge in [-0.25, -0.2) is 8.42 Å². The molecule has 0 radical (unpaired) electrons. The van der Waals surface area contributed by atoms with Crippen LogP contribution in [0.1, 0.15) is 23.9 Å². The van der Waals surface area contributed by atoms with E-state index in [0.29, 0.717) is 47.5 Å². The van der Waals surface area contributed by atoms with Crippen molar-refractivity contribution >= 4 is 45.6 Å². The van der Waals surface area contributed by atoms with Crippen LogP contribution in [0.4, 0.5) is 11.4 Å². The van der Waals surface area contributed by atoms with Gasteiger partial charge in [0.05, 0.1) is 22.3 Å². The summed E-state index contributed by atoms with van der Waals surface area (Å²) in [5.41, 5.74) is 2.86. The normalized spacial score (nSPS) is 12.7. The average molecular weight is 789 g/mol. The number of sulfone groups is 1. The van der Waals surface area contributed by atoms with Gasteiger partial charge in [-0.15, -0.1) is 10.2 Å². The molecule has 0 fully saturated rings. The molecule has 0 bridgehead atoms. The Balaban J connectivity index is 1.00. The molecule has 15 heteroatoms. The number of nitrogens with zero attached hydrogens (tertiary/aromatic N) is 4. The Kier molecular flexibility index (Phi) is 10.1. The van der Waals surface area contributed by atoms with Crippen LogP contribution in [0.3, 0.4) is 0 Å². The molecule has 2 N–H and O–H groups in total. The van der Waals surface area contributed by atoms with Gasteiger partial charge in [0.2, 0.25) is 21.6 Å². The number of furan rings is 2. The van der Waals surface area contributed by atoms with Crippen molar-refractivity contribution in [2.24, 2.45) is 0 Å². The van der Waals surface area contributed by atoms with Crippen LogP contribution in [-0.2, 0) is 22.7 Å². The van der Waals surface area contributed by atoms with E-state index in [1.807, 2.05) is 72.8 Å². The van der Waals surface area contributed by atoms with Gasteiger partial charge in [-0.3, -0.25) is 0 Å². The first-order valence-electron chi connectivity index (χ1n) is 17.1. The SMILES string of the molecule is O=S(=O)(c1ccc(NC(Cc2ccco2)n2nc(-c3ccccc3)oc2=S)cc1)c1ccc(NC(Cc2ccco2)n2nc(-c3ccccc3)oc2=S)cc1. The van der Waals surface area contributed by atoms with Crippen molar-refractivity contribution in [3.05, 3.63) is 167 Å². The number of hydrogen-bond acceptors (Lipinski definition) is 12. The molecule has 4 aromatic heterocycles. The highest BCUT2D eigenvalue weighted by molar-refractivity contribution is 7.91. The highest BCUT2D eigenvalue weighted by Crippen LogP contribution is 2.29. The van der Waals surface area contributed by atoms with Gasteiger partial charge in [0.15, 0.2) is 0 Å². The topological polar surface area (TPSA) is 146 Å². The molecule has 4 aromatic carbocycles. The van der Waals surface area contributed by atoms with Gasteiger partial charge in [0.1, 0.15) is 23.9 Å². The number of benzene rings is 4. The third-order valence-electron chi connectivity index (χ3n) is 8.72. The summed E-state index contributed by atoms with van der Waals surface area (Å²) >= 11 is 11.1. The molecular formula is C40H32N6O6S3. The Bertz CT molecular complexity index is 2520. The van der Waals surface area contributed by atoms with Crippen molar-refractivity contribution in [2.45, 2.75) is 35.0 Å². The lowest BCUT2D eigenvalue weighted by molar-refractivity contribution is 0.415. The second-order valence-corrected chi connectivity index (χ2v) is 15.1. The predicted octanol–water partition coefficient (Wildman–Crippen LogP) is 9.78. The van der Waals surface area contributed by atoms with Crippen molar-refractivity contribution in [2.75, 3.05) is 10.6 Å². The summed E-state index contributed by atoms with van der Waals surface area (Å²) in [7, 11) is -3.87. The first-order valence-corrected chi connectivity index (χ1v) is 19.4. The van der Waals surface area contributed by atoms with Crippen molar-refractivity contribution in [3.63, 3.8) is 0 Å². The van der Waals surface area contributed by atoms with Crippen molar-refractivity contribution in [1.82, 2.24) is 19.6 Å². The fourth-order valence-corrected chi connectivity index (χ4v) is 7.74. The molecule has 0 aliphatic rings. The Labute approximate surface area is 325 Å². The fraction of sp³-hybridized carbons (Fsp3) is 0.100. The molecule has 0 saturated carbocycles. The maximum Gasteiger partial charge on any atom is 0.289 e. The highest BCUT2D eigenvalue weighted by atomic mass is 32.2. The molecule has 2 atom stereocenters. The smallest absolute Gasteiger partial charge is 0.289 e. The standard InChI is InChI=1S/C40H32N6O6S3/c47-55(48,33-19-15-29(16-20-33)41-35(25-31-13-7-23-49-31)45-39(53)51-37(43-45)27-9-3-1-4-10-27)34-21-17-30(18-22-34)42-36(26-32-14-8-24-50-32)46-40(54)52-38(44-46)28-11-5-2-6-12-28/h1-24,35-36,41-42H,25-26H2. The van der Waals surface area contributed by atoms with E-state index >= 15 is 0 Å². The molecule has 8 rings (SSSR count). The molecule has 276 valence electrons. The molecule has 4 heterocycles. The van der Waals surface area contributed by atoms with Gasteiger partial charge < -0.3 is 28.3 Å². The quantitative estimate of drug-likeness (QED) is 0.101. The molecular weight excluding hydrogens is 757 g/mol. The molecule has 8 aromatic rings. The minimum absolute atomic E-state index is 0.129. The lowest BCUT2D eigenvalue weighted by Crippen LogP contribution is -2.22. The van der Waals surface area contributed by atoms with E-state index in [1.54, 1.807) is 82.6 Å². The largest absolute Gasteiger partial charge is 0.469 e. The molecule has 0 aliphatic heterocycles. The van der Waals surface area contributed by atoms with Gasteiger partial charge in [0, 0.05) is 35.3 Å². The maximum absolute atomic E-state index is 13.8. The predicted molar refractivity (Wildman–Crippen MR) is 210 cm³/mol. The summed E-state index contributed by atoms with van der Waals surface area (Å²) in [5.74, 6) is 2.17. The van der Waals surface area contributed by atoms with E-state index in [1.165, 1.54) is 0 Å². The van der Waals surface area contributed by atoms with Gasteiger partial charge in [0.25, 0.3) is 9.67 Å². The molecule has 55 heavy (non-hydrogen) atoms. The highest BCUT2D eigenvalue weighted by Gasteiger charge is 2.23. The molecule has 0 saturated heterocycles. The Morgan fingerprint density at radius 1 is 0.545 bits per heavy atom. The monoisotopic (exact) mass is 788 g/mol. The van der Waals surface area contributed by atoms with Crippen LogP contribution in [0.2, 0.25) is 0 Å². The fourth-order valence-electron chi connectivity index (χ4n) is 5.98. The molecule has 0 amide bonds. The summed E-state index contributed by atoms with van der Waals surface area (Å²) in [6.07, 6.45) is 2.97. The number of hydrogen-bond donors (Lipinski definition) is 2. The second kappa shape index (κ2) is 15.6. The van der Waals surface area contributed by atoms with Crippen LogP contribution < -0.4 is 10.6 Å². The maximum atomic E-state index is 13.8. The molecule has 0 spiro atoms. The van der Waals surface area contributed by atoms with E-state index in [2.05, 4.69) is 20.8 Å². The van der Waals surface area contributed by atoms with Crippen molar-refractivity contribution in [3.8, 4) is 22.9 Å². The summed E-state index contributed by atoms with van der Waals surface area (Å²) in [6, 6.07) is 39.3. The van der Waals surface area contributed by atoms with Crippen molar-refractivity contribution in [1.29, 1.82) is 0 Å². The average Bonchev–Trinajstić information content (AvgIpc) is 4.05. The van der Waals surface area contributed by atoms with Gasteiger partial charge in [-0.2, -0.15) is 9.36 Å². The third-order valence-corrected chi connectivity index (χ3v) is 11.0. The number of rotatable bonds is 14. The summed E-state index contributed by atoms with van der Waals surface area (Å²) < 4.78 is 53.7. The first kappa shape index (κ1) is 35.7. The van der Waals surface area contributed by atoms with Crippen LogP contribution in [0, 0.1) is 9.67 Å². The minimum Gasteiger partial charge on any atom is -0.469 e. The zero-order chi connectivity index (χ0) is 37.8. The Morgan fingerprint density at radius 3 is 1.31 bits per heavy atom. The van der Waals surface area contributed by atoms with E-state index in [9.17, 15) is 8.42 Å². The molecule has 2 unspecified atom stereocenters. The number of nitrogens with one attached hydrogen (secondary N) is 2. The Hall–Kier alpha value is -6.29. The van der Waals surface area contributed by atoms with E-state index in [0.717, 1.165) is 11.1 Å². The van der Waals surface area contributed by atoms with Crippen LogP contribution in [0.5, 0.6) is 0 Å².